The Morgan fingerprint density at radius 2 is 1.85 bits per heavy atom. The summed E-state index contributed by atoms with van der Waals surface area (Å²) in [7, 11) is -4.10. The summed E-state index contributed by atoms with van der Waals surface area (Å²) >= 11 is 0. The fourth-order valence-electron chi connectivity index (χ4n) is 9.75. The molecule has 8 rings (SSSR count). The highest BCUT2D eigenvalue weighted by Crippen LogP contribution is 2.51. The molecule has 2 N–H and O–H groups in total. The highest BCUT2D eigenvalue weighted by atomic mass is 32.2. The zero-order valence-corrected chi connectivity index (χ0v) is 38.8. The minimum absolute atomic E-state index is 0.0410. The number of ether oxygens (including phenoxy) is 4. The molecule has 0 unspecified atom stereocenters. The predicted octanol–water partition coefficient (Wildman–Crippen LogP) is 5.62. The SMILES string of the molecule is CC(C)COC(=O)C[C@H]1CCCCC/C=C\[C@@H]2C[C@@]2(C(=O)NS(=O)(=O)C2(C)CC2)NC(=O)[C@@H]2C[C@]3(CCc4c(c(C(F)(F)F)nc5ccc(OCCCN6CCOCC6)cc45)O3)CN2C1=O. The maximum Gasteiger partial charge on any atom is 0.437 e. The number of amides is 3. The average molecular weight is 946 g/mol. The summed E-state index contributed by atoms with van der Waals surface area (Å²) in [5.74, 6) is -4.29. The minimum atomic E-state index is -4.94. The Labute approximate surface area is 383 Å². The van der Waals surface area contributed by atoms with Gasteiger partial charge in [0.25, 0.3) is 5.91 Å². The maximum atomic E-state index is 15.0. The molecule has 2 saturated heterocycles. The van der Waals surface area contributed by atoms with Gasteiger partial charge in [-0.05, 0) is 88.8 Å². The topological polar surface area (TPSA) is 183 Å². The van der Waals surface area contributed by atoms with Crippen LogP contribution in [-0.4, -0.2) is 121 Å². The molecule has 5 heterocycles. The van der Waals surface area contributed by atoms with E-state index in [9.17, 15) is 27.6 Å². The van der Waals surface area contributed by atoms with E-state index in [0.29, 0.717) is 63.1 Å². The quantitative estimate of drug-likeness (QED) is 0.153. The van der Waals surface area contributed by atoms with Crippen molar-refractivity contribution < 1.29 is 59.7 Å². The number of halogens is 3. The zero-order valence-electron chi connectivity index (χ0n) is 38.0. The van der Waals surface area contributed by atoms with Crippen LogP contribution in [0.4, 0.5) is 13.2 Å². The second-order valence-electron chi connectivity index (χ2n) is 19.8. The molecule has 15 nitrogen and oxygen atoms in total. The van der Waals surface area contributed by atoms with Crippen molar-refractivity contribution in [1.29, 1.82) is 0 Å². The lowest BCUT2D eigenvalue weighted by molar-refractivity contribution is -0.151. The summed E-state index contributed by atoms with van der Waals surface area (Å²) in [6.45, 7) is 9.39. The fraction of sp³-hybridized carbons (Fsp3) is 0.681. The lowest BCUT2D eigenvalue weighted by Gasteiger charge is -2.37. The van der Waals surface area contributed by atoms with Crippen molar-refractivity contribution in [2.75, 3.05) is 52.6 Å². The number of hydrogen-bond donors (Lipinski definition) is 2. The summed E-state index contributed by atoms with van der Waals surface area (Å²) in [5.41, 5.74) is -4.02. The number of pyridine rings is 1. The standard InChI is InChI=1S/C47H62F3N5O10S/c1-30(2)28-64-38(56)24-31-10-7-5-4-6-8-11-32-26-46(32,43(59)53-66(60,61)44(3)16-17-44)52-41(57)37-27-45(29-55(37)42(31)58)15-14-34-35-25-33(63-21-9-18-54-19-22-62-23-20-54)12-13-36(35)51-40(39(34)65-45)47(48,49)50/h8,11-13,25,30-32,37H,4-7,9-10,14-24,26-29H2,1-3H3,(H,52,57)(H,53,59)/b11-8-/t31-,32-,37+,45-,46-/m1/s1. The van der Waals surface area contributed by atoms with Gasteiger partial charge in [0.05, 0.1) is 49.7 Å². The highest BCUT2D eigenvalue weighted by molar-refractivity contribution is 7.91. The Balaban J connectivity index is 1.11. The molecule has 4 fully saturated rings. The van der Waals surface area contributed by atoms with Gasteiger partial charge in [-0.2, -0.15) is 13.2 Å². The maximum absolute atomic E-state index is 15.0. The molecule has 0 bridgehead atoms. The smallest absolute Gasteiger partial charge is 0.437 e. The number of carbonyl (C=O) groups is 4. The summed E-state index contributed by atoms with van der Waals surface area (Å²) in [6, 6.07) is 3.41. The van der Waals surface area contributed by atoms with E-state index < -0.39 is 85.1 Å². The van der Waals surface area contributed by atoms with E-state index in [1.165, 1.54) is 11.0 Å². The lowest BCUT2D eigenvalue weighted by atomic mass is 9.87. The van der Waals surface area contributed by atoms with Gasteiger partial charge in [-0.25, -0.2) is 13.4 Å². The first-order valence-electron chi connectivity index (χ1n) is 23.5. The number of aromatic nitrogens is 1. The second-order valence-corrected chi connectivity index (χ2v) is 22.0. The van der Waals surface area contributed by atoms with Crippen molar-refractivity contribution in [2.24, 2.45) is 17.8 Å². The van der Waals surface area contributed by atoms with Gasteiger partial charge >= 0.3 is 12.1 Å². The lowest BCUT2D eigenvalue weighted by Crippen LogP contribution is -2.57. The Morgan fingerprint density at radius 1 is 1.08 bits per heavy atom. The van der Waals surface area contributed by atoms with Crippen molar-refractivity contribution in [1.82, 2.24) is 24.8 Å². The van der Waals surface area contributed by atoms with Gasteiger partial charge in [0.2, 0.25) is 21.8 Å². The molecule has 1 spiro atoms. The minimum Gasteiger partial charge on any atom is -0.494 e. The number of nitrogens with zero attached hydrogens (tertiary/aromatic N) is 3. The van der Waals surface area contributed by atoms with Gasteiger partial charge in [0, 0.05) is 48.8 Å². The Hall–Kier alpha value is -4.49. The molecule has 3 amide bonds. The van der Waals surface area contributed by atoms with Crippen molar-refractivity contribution in [2.45, 2.75) is 132 Å². The van der Waals surface area contributed by atoms with Gasteiger partial charge in [0.1, 0.15) is 22.9 Å². The van der Waals surface area contributed by atoms with E-state index in [-0.39, 0.29) is 68.7 Å². The van der Waals surface area contributed by atoms with Gasteiger partial charge in [0.15, 0.2) is 11.4 Å². The van der Waals surface area contributed by atoms with E-state index >= 15 is 13.2 Å². The van der Waals surface area contributed by atoms with E-state index in [1.54, 1.807) is 25.1 Å². The highest BCUT2D eigenvalue weighted by Gasteiger charge is 2.64. The van der Waals surface area contributed by atoms with Crippen molar-refractivity contribution in [3.05, 3.63) is 41.6 Å². The molecule has 19 heteroatoms. The van der Waals surface area contributed by atoms with Gasteiger partial charge in [-0.3, -0.25) is 28.8 Å². The van der Waals surface area contributed by atoms with Gasteiger partial charge in [-0.15, -0.1) is 0 Å². The van der Waals surface area contributed by atoms with Crippen LogP contribution in [0.1, 0.15) is 109 Å². The third-order valence-corrected chi connectivity index (χ3v) is 16.3. The molecule has 362 valence electrons. The normalized spacial score (nSPS) is 28.5. The number of carbonyl (C=O) groups excluding carboxylic acids is 4. The molecule has 1 aromatic carbocycles. The molecule has 2 aromatic rings. The molecule has 4 aliphatic heterocycles. The number of rotatable bonds is 12. The van der Waals surface area contributed by atoms with Gasteiger partial charge in [-0.1, -0.05) is 38.8 Å². The number of hydrogen-bond acceptors (Lipinski definition) is 12. The monoisotopic (exact) mass is 945 g/mol. The number of alkyl halides is 3. The van der Waals surface area contributed by atoms with E-state index in [0.717, 1.165) is 32.5 Å². The van der Waals surface area contributed by atoms with Crippen LogP contribution >= 0.6 is 0 Å². The van der Waals surface area contributed by atoms with Crippen molar-refractivity contribution in [3.63, 3.8) is 0 Å². The molecular formula is C47H62F3N5O10S. The van der Waals surface area contributed by atoms with Crippen molar-refractivity contribution >= 4 is 44.6 Å². The first-order valence-corrected chi connectivity index (χ1v) is 25.0. The van der Waals surface area contributed by atoms with Crippen LogP contribution in [0.2, 0.25) is 0 Å². The van der Waals surface area contributed by atoms with E-state index in [2.05, 4.69) is 19.9 Å². The number of nitrogens with one attached hydrogen (secondary N) is 2. The van der Waals surface area contributed by atoms with Crippen LogP contribution in [0.25, 0.3) is 10.9 Å². The van der Waals surface area contributed by atoms with Crippen molar-refractivity contribution in [3.8, 4) is 11.5 Å². The number of allylic oxidation sites excluding steroid dienone is 1. The number of morpholine rings is 1. The molecule has 5 atom stereocenters. The first-order chi connectivity index (χ1) is 31.3. The summed E-state index contributed by atoms with van der Waals surface area (Å²) in [5, 5.41) is 3.26. The Morgan fingerprint density at radius 3 is 2.58 bits per heavy atom. The fourth-order valence-corrected chi connectivity index (χ4v) is 11.1. The van der Waals surface area contributed by atoms with Crippen LogP contribution in [0.3, 0.4) is 0 Å². The molecule has 66 heavy (non-hydrogen) atoms. The van der Waals surface area contributed by atoms with Crippen LogP contribution in [0.15, 0.2) is 30.4 Å². The number of benzene rings is 1. The average Bonchev–Trinajstić information content (AvgIpc) is 4.17. The third-order valence-electron chi connectivity index (χ3n) is 14.1. The van der Waals surface area contributed by atoms with Crippen LogP contribution < -0.4 is 19.5 Å². The molecular weight excluding hydrogens is 884 g/mol. The third kappa shape index (κ3) is 10.3. The summed E-state index contributed by atoms with van der Waals surface area (Å²) < 4.78 is 96.2. The van der Waals surface area contributed by atoms with E-state index in [1.807, 2.05) is 19.9 Å². The molecule has 0 radical (unpaired) electrons. The second kappa shape index (κ2) is 18.9. The van der Waals surface area contributed by atoms with Gasteiger partial charge < -0.3 is 29.2 Å². The zero-order chi connectivity index (χ0) is 47.1. The Bertz CT molecular complexity index is 2330. The largest absolute Gasteiger partial charge is 0.494 e. The van der Waals surface area contributed by atoms with E-state index in [4.69, 9.17) is 18.9 Å². The Kier molecular flexibility index (Phi) is 13.7. The molecule has 1 aromatic heterocycles. The summed E-state index contributed by atoms with van der Waals surface area (Å²) in [4.78, 5) is 64.6. The molecule has 2 aliphatic carbocycles. The first kappa shape index (κ1) is 48.0. The summed E-state index contributed by atoms with van der Waals surface area (Å²) in [6.07, 6.45) is 2.96. The predicted molar refractivity (Wildman–Crippen MR) is 236 cm³/mol. The number of aryl methyl sites for hydroxylation is 1. The molecule has 2 saturated carbocycles. The van der Waals surface area contributed by atoms with Crippen LogP contribution in [-0.2, 0) is 51.3 Å². The van der Waals surface area contributed by atoms with Crippen LogP contribution in [0.5, 0.6) is 11.5 Å². The number of sulfonamides is 1. The van der Waals surface area contributed by atoms with Crippen LogP contribution in [0, 0.1) is 17.8 Å². The number of fused-ring (bicyclic) bond motifs is 5. The number of esters is 1. The molecule has 6 aliphatic rings.